The molecule has 0 aromatic heterocycles. The Morgan fingerprint density at radius 3 is 2.87 bits per heavy atom. The molecule has 0 aliphatic carbocycles. The van der Waals surface area contributed by atoms with Crippen molar-refractivity contribution in [2.75, 3.05) is 19.9 Å². The Hall–Kier alpha value is -1.13. The van der Waals surface area contributed by atoms with Crippen LogP contribution in [0.2, 0.25) is 0 Å². The molecule has 1 aromatic carbocycles. The van der Waals surface area contributed by atoms with Crippen LogP contribution in [0.4, 0.5) is 4.39 Å². The second-order valence-electron chi connectivity index (χ2n) is 3.11. The lowest BCUT2D eigenvalue weighted by Crippen LogP contribution is -2.17. The SMILES string of the molecule is CCOc1ccc(CCNCO)cc1F. The van der Waals surface area contributed by atoms with Crippen molar-refractivity contribution in [3.05, 3.63) is 29.6 Å². The molecule has 0 heterocycles. The molecule has 0 aliphatic heterocycles. The van der Waals surface area contributed by atoms with Gasteiger partial charge in [0.15, 0.2) is 11.6 Å². The molecule has 15 heavy (non-hydrogen) atoms. The number of ether oxygens (including phenoxy) is 1. The van der Waals surface area contributed by atoms with Crippen molar-refractivity contribution in [3.8, 4) is 5.75 Å². The van der Waals surface area contributed by atoms with E-state index in [-0.39, 0.29) is 18.3 Å². The molecule has 0 unspecified atom stereocenters. The fourth-order valence-electron chi connectivity index (χ4n) is 1.28. The van der Waals surface area contributed by atoms with Gasteiger partial charge in [0, 0.05) is 6.54 Å². The third-order valence-corrected chi connectivity index (χ3v) is 2.00. The number of hydrogen-bond acceptors (Lipinski definition) is 3. The molecule has 4 heteroatoms. The second-order valence-corrected chi connectivity index (χ2v) is 3.11. The van der Waals surface area contributed by atoms with Gasteiger partial charge in [0.2, 0.25) is 0 Å². The average Bonchev–Trinajstić information content (AvgIpc) is 2.23. The standard InChI is InChI=1S/C11H16FNO2/c1-2-15-11-4-3-9(7-10(11)12)5-6-13-8-14/h3-4,7,13-14H,2,5-6,8H2,1H3. The molecule has 3 nitrogen and oxygen atoms in total. The molecule has 0 saturated heterocycles. The summed E-state index contributed by atoms with van der Waals surface area (Å²) in [4.78, 5) is 0. The summed E-state index contributed by atoms with van der Waals surface area (Å²) < 4.78 is 18.4. The van der Waals surface area contributed by atoms with Crippen molar-refractivity contribution < 1.29 is 14.2 Å². The highest BCUT2D eigenvalue weighted by Gasteiger charge is 2.03. The van der Waals surface area contributed by atoms with Crippen LogP contribution >= 0.6 is 0 Å². The lowest BCUT2D eigenvalue weighted by atomic mass is 10.1. The van der Waals surface area contributed by atoms with Gasteiger partial charge in [0.25, 0.3) is 0 Å². The van der Waals surface area contributed by atoms with Crippen molar-refractivity contribution in [3.63, 3.8) is 0 Å². The maximum absolute atomic E-state index is 13.4. The molecule has 0 fully saturated rings. The Kier molecular flexibility index (Phi) is 5.07. The van der Waals surface area contributed by atoms with Crippen LogP contribution in [0.3, 0.4) is 0 Å². The normalized spacial score (nSPS) is 10.3. The van der Waals surface area contributed by atoms with Crippen LogP contribution < -0.4 is 10.1 Å². The first-order chi connectivity index (χ1) is 7.27. The molecular formula is C11H16FNO2. The minimum Gasteiger partial charge on any atom is -0.491 e. The summed E-state index contributed by atoms with van der Waals surface area (Å²) in [5.74, 6) is -0.0466. The summed E-state index contributed by atoms with van der Waals surface area (Å²) in [6, 6.07) is 4.92. The molecule has 1 aromatic rings. The summed E-state index contributed by atoms with van der Waals surface area (Å²) in [6.07, 6.45) is 0.684. The van der Waals surface area contributed by atoms with Crippen LogP contribution in [0.15, 0.2) is 18.2 Å². The lowest BCUT2D eigenvalue weighted by Gasteiger charge is -2.06. The van der Waals surface area contributed by atoms with Gasteiger partial charge in [-0.15, -0.1) is 0 Å². The highest BCUT2D eigenvalue weighted by atomic mass is 19.1. The summed E-state index contributed by atoms with van der Waals surface area (Å²) in [5.41, 5.74) is 0.886. The quantitative estimate of drug-likeness (QED) is 0.553. The Labute approximate surface area is 88.9 Å². The topological polar surface area (TPSA) is 41.5 Å². The number of benzene rings is 1. The Balaban J connectivity index is 2.56. The number of hydrogen-bond donors (Lipinski definition) is 2. The average molecular weight is 213 g/mol. The number of rotatable bonds is 6. The van der Waals surface area contributed by atoms with E-state index in [2.05, 4.69) is 5.32 Å². The Morgan fingerprint density at radius 1 is 1.47 bits per heavy atom. The zero-order valence-electron chi connectivity index (χ0n) is 8.79. The van der Waals surface area contributed by atoms with Crippen LogP contribution in [0.5, 0.6) is 5.75 Å². The van der Waals surface area contributed by atoms with Gasteiger partial charge in [-0.3, -0.25) is 5.32 Å². The molecule has 0 atom stereocenters. The molecule has 0 bridgehead atoms. The maximum Gasteiger partial charge on any atom is 0.165 e. The van der Waals surface area contributed by atoms with Crippen molar-refractivity contribution in [1.29, 1.82) is 0 Å². The molecule has 84 valence electrons. The predicted octanol–water partition coefficient (Wildman–Crippen LogP) is 1.31. The Morgan fingerprint density at radius 2 is 2.27 bits per heavy atom. The van der Waals surface area contributed by atoms with Gasteiger partial charge in [-0.1, -0.05) is 6.07 Å². The molecular weight excluding hydrogens is 197 g/mol. The van der Waals surface area contributed by atoms with Gasteiger partial charge in [-0.2, -0.15) is 0 Å². The lowest BCUT2D eigenvalue weighted by molar-refractivity contribution is 0.262. The van der Waals surface area contributed by atoms with E-state index in [0.717, 1.165) is 5.56 Å². The smallest absolute Gasteiger partial charge is 0.165 e. The Bertz CT molecular complexity index is 305. The van der Waals surface area contributed by atoms with Crippen molar-refractivity contribution >= 4 is 0 Å². The van der Waals surface area contributed by atoms with Crippen LogP contribution in [0.25, 0.3) is 0 Å². The predicted molar refractivity (Wildman–Crippen MR) is 56.4 cm³/mol. The first-order valence-corrected chi connectivity index (χ1v) is 5.00. The first kappa shape index (κ1) is 11.9. The summed E-state index contributed by atoms with van der Waals surface area (Å²) in [5, 5.41) is 11.3. The molecule has 0 saturated carbocycles. The van der Waals surface area contributed by atoms with Crippen LogP contribution in [-0.2, 0) is 6.42 Å². The van der Waals surface area contributed by atoms with Crippen LogP contribution in [0, 0.1) is 5.82 Å². The fraction of sp³-hybridized carbons (Fsp3) is 0.455. The highest BCUT2D eigenvalue weighted by molar-refractivity contribution is 5.29. The molecule has 0 radical (unpaired) electrons. The largest absolute Gasteiger partial charge is 0.491 e. The van der Waals surface area contributed by atoms with E-state index in [9.17, 15) is 4.39 Å². The third-order valence-electron chi connectivity index (χ3n) is 2.00. The third kappa shape index (κ3) is 3.85. The first-order valence-electron chi connectivity index (χ1n) is 5.00. The van der Waals surface area contributed by atoms with Gasteiger partial charge in [0.05, 0.1) is 13.3 Å². The van der Waals surface area contributed by atoms with Gasteiger partial charge in [-0.05, 0) is 31.0 Å². The highest BCUT2D eigenvalue weighted by Crippen LogP contribution is 2.18. The molecule has 1 rings (SSSR count). The minimum absolute atomic E-state index is 0.0560. The van der Waals surface area contributed by atoms with Crippen molar-refractivity contribution in [2.45, 2.75) is 13.3 Å². The van der Waals surface area contributed by atoms with E-state index >= 15 is 0 Å². The van der Waals surface area contributed by atoms with Gasteiger partial charge in [-0.25, -0.2) is 4.39 Å². The van der Waals surface area contributed by atoms with Gasteiger partial charge in [0.1, 0.15) is 0 Å². The number of nitrogens with one attached hydrogen (secondary N) is 1. The van der Waals surface area contributed by atoms with Crippen molar-refractivity contribution in [2.24, 2.45) is 0 Å². The van der Waals surface area contributed by atoms with Gasteiger partial charge < -0.3 is 9.84 Å². The molecule has 0 amide bonds. The number of halogens is 1. The summed E-state index contributed by atoms with van der Waals surface area (Å²) in [7, 11) is 0. The summed E-state index contributed by atoms with van der Waals surface area (Å²) in [6.45, 7) is 2.85. The minimum atomic E-state index is -0.335. The molecule has 0 spiro atoms. The van der Waals surface area contributed by atoms with E-state index in [1.165, 1.54) is 6.07 Å². The van der Waals surface area contributed by atoms with Crippen LogP contribution in [0.1, 0.15) is 12.5 Å². The molecule has 0 aliphatic rings. The number of aliphatic hydroxyl groups excluding tert-OH is 1. The number of aliphatic hydroxyl groups is 1. The van der Waals surface area contributed by atoms with E-state index < -0.39 is 0 Å². The van der Waals surface area contributed by atoms with E-state index in [1.54, 1.807) is 6.07 Å². The van der Waals surface area contributed by atoms with Crippen molar-refractivity contribution in [1.82, 2.24) is 5.32 Å². The zero-order valence-corrected chi connectivity index (χ0v) is 8.79. The van der Waals surface area contributed by atoms with E-state index in [4.69, 9.17) is 9.84 Å². The molecule has 2 N–H and O–H groups in total. The fourth-order valence-corrected chi connectivity index (χ4v) is 1.28. The van der Waals surface area contributed by atoms with Crippen LogP contribution in [-0.4, -0.2) is 25.0 Å². The second kappa shape index (κ2) is 6.37. The zero-order chi connectivity index (χ0) is 11.1. The van der Waals surface area contributed by atoms with Gasteiger partial charge >= 0.3 is 0 Å². The van der Waals surface area contributed by atoms with E-state index in [0.29, 0.717) is 19.6 Å². The monoisotopic (exact) mass is 213 g/mol. The summed E-state index contributed by atoms with van der Waals surface area (Å²) >= 11 is 0. The maximum atomic E-state index is 13.4. The van der Waals surface area contributed by atoms with E-state index in [1.807, 2.05) is 13.0 Å².